The van der Waals surface area contributed by atoms with Gasteiger partial charge in [0.15, 0.2) is 0 Å². The van der Waals surface area contributed by atoms with Crippen molar-refractivity contribution >= 4 is 71.7 Å². The molecule has 2 aliphatic heterocycles. The Balaban J connectivity index is 1.39. The number of nitro groups is 1. The summed E-state index contributed by atoms with van der Waals surface area (Å²) < 4.78 is 22.5. The number of halogens is 2. The molecule has 2 aliphatic rings. The molecule has 2 aromatic carbocycles. The predicted octanol–water partition coefficient (Wildman–Crippen LogP) is 7.83. The van der Waals surface area contributed by atoms with E-state index in [1.165, 1.54) is 49.5 Å². The van der Waals surface area contributed by atoms with E-state index < -0.39 is 19.0 Å². The predicted molar refractivity (Wildman–Crippen MR) is 203 cm³/mol. The Bertz CT molecular complexity index is 1710. The first-order valence-corrected chi connectivity index (χ1v) is 21.2. The normalized spacial score (nSPS) is 15.5. The number of nitro benzene ring substituents is 1. The molecule has 276 valence electrons. The quantitative estimate of drug-likeness (QED) is 0.0598. The average Bonchev–Trinajstić information content (AvgIpc) is 3.51. The number of methoxy groups -OCH3 is 2. The first-order valence-electron chi connectivity index (χ1n) is 16.7. The van der Waals surface area contributed by atoms with Gasteiger partial charge in [-0.2, -0.15) is 0 Å². The number of urea groups is 1. The number of aromatic nitrogens is 2. The largest absolute Gasteiger partial charge is 0.495 e. The van der Waals surface area contributed by atoms with Crippen molar-refractivity contribution in [2.24, 2.45) is 5.41 Å². The van der Waals surface area contributed by atoms with Gasteiger partial charge in [-0.3, -0.25) is 19.9 Å². The highest BCUT2D eigenvalue weighted by molar-refractivity contribution is 6.76. The number of rotatable bonds is 13. The van der Waals surface area contributed by atoms with Crippen LogP contribution < -0.4 is 29.5 Å². The number of nitrogens with one attached hydrogen (secondary N) is 1. The maximum absolute atomic E-state index is 14.2. The molecule has 0 radical (unpaired) electrons. The van der Waals surface area contributed by atoms with Crippen LogP contribution in [0.3, 0.4) is 0 Å². The maximum Gasteiger partial charge on any atom is 0.331 e. The third-order valence-electron chi connectivity index (χ3n) is 9.35. The number of anilines is 5. The Morgan fingerprint density at radius 2 is 1.76 bits per heavy atom. The van der Waals surface area contributed by atoms with Crippen LogP contribution in [0.25, 0.3) is 0 Å². The Morgan fingerprint density at radius 3 is 2.39 bits per heavy atom. The van der Waals surface area contributed by atoms with Crippen molar-refractivity contribution < 1.29 is 28.7 Å². The molecule has 14 nitrogen and oxygen atoms in total. The Labute approximate surface area is 309 Å². The lowest BCUT2D eigenvalue weighted by atomic mass is 9.80. The van der Waals surface area contributed by atoms with Crippen molar-refractivity contribution in [3.63, 3.8) is 0 Å². The summed E-state index contributed by atoms with van der Waals surface area (Å²) in [5, 5.41) is 15.5. The second kappa shape index (κ2) is 16.2. The van der Waals surface area contributed by atoms with Crippen LogP contribution in [0.5, 0.6) is 11.5 Å². The van der Waals surface area contributed by atoms with Gasteiger partial charge in [0, 0.05) is 71.9 Å². The van der Waals surface area contributed by atoms with Crippen molar-refractivity contribution in [1.82, 2.24) is 9.97 Å². The number of carbonyl (C=O) groups is 1. The highest BCUT2D eigenvalue weighted by Crippen LogP contribution is 2.47. The molecular formula is C34H45Cl2N7O7Si. The molecule has 51 heavy (non-hydrogen) atoms. The van der Waals surface area contributed by atoms with E-state index in [2.05, 4.69) is 39.8 Å². The van der Waals surface area contributed by atoms with Crippen molar-refractivity contribution in [2.75, 3.05) is 80.9 Å². The minimum Gasteiger partial charge on any atom is -0.495 e. The highest BCUT2D eigenvalue weighted by Gasteiger charge is 2.40. The lowest BCUT2D eigenvalue weighted by Crippen LogP contribution is -2.43. The van der Waals surface area contributed by atoms with Crippen LogP contribution in [0.2, 0.25) is 35.7 Å². The van der Waals surface area contributed by atoms with Crippen molar-refractivity contribution in [1.29, 1.82) is 0 Å². The number of benzene rings is 2. The fourth-order valence-corrected chi connectivity index (χ4v) is 7.68. The van der Waals surface area contributed by atoms with Crippen molar-refractivity contribution in [2.45, 2.75) is 44.9 Å². The van der Waals surface area contributed by atoms with Crippen LogP contribution in [-0.4, -0.2) is 89.9 Å². The summed E-state index contributed by atoms with van der Waals surface area (Å²) in [5.74, 6) is 0.952. The van der Waals surface area contributed by atoms with E-state index >= 15 is 0 Å². The first-order chi connectivity index (χ1) is 24.3. The first kappa shape index (κ1) is 38.3. The number of hydrogen-bond donors (Lipinski definition) is 1. The molecule has 1 aromatic heterocycles. The molecule has 3 aromatic rings. The van der Waals surface area contributed by atoms with E-state index in [-0.39, 0.29) is 62.4 Å². The van der Waals surface area contributed by atoms with Crippen LogP contribution in [0, 0.1) is 15.5 Å². The van der Waals surface area contributed by atoms with Gasteiger partial charge in [0.2, 0.25) is 0 Å². The van der Waals surface area contributed by atoms with Gasteiger partial charge in [-0.15, -0.1) is 0 Å². The van der Waals surface area contributed by atoms with Gasteiger partial charge >= 0.3 is 6.03 Å². The molecule has 0 atom stereocenters. The molecule has 1 spiro atoms. The van der Waals surface area contributed by atoms with Gasteiger partial charge in [0.05, 0.1) is 24.8 Å². The molecule has 2 saturated heterocycles. The van der Waals surface area contributed by atoms with Crippen molar-refractivity contribution in [3.8, 4) is 11.5 Å². The number of nitrogens with zero attached hydrogens (tertiary/aromatic N) is 6. The van der Waals surface area contributed by atoms with Gasteiger partial charge in [0.1, 0.15) is 51.9 Å². The lowest BCUT2D eigenvalue weighted by molar-refractivity contribution is -0.383. The van der Waals surface area contributed by atoms with E-state index in [0.29, 0.717) is 6.61 Å². The summed E-state index contributed by atoms with van der Waals surface area (Å²) in [7, 11) is 2.99. The monoisotopic (exact) mass is 761 g/mol. The third-order valence-corrected chi connectivity index (χ3v) is 11.8. The smallest absolute Gasteiger partial charge is 0.331 e. The standard InChI is InChI=1S/C34H45Cl2N7O7Si/c1-40(33(44)42(22-50-15-16-51(4,5)6)32-30(35)26(47-2)18-27(48-3)31(32)36)29-19-28(37-21-38-29)39-24-8-7-23(17-25(24)43(45)46)41-12-9-34(20-41)10-13-49-14-11-34/h7-8,17-19,21H,9-16,20,22H2,1-6H3,(H,37,38,39). The topological polar surface area (TPSA) is 145 Å². The number of carbonyl (C=O) groups excluding carboxylic acids is 1. The Kier molecular flexibility index (Phi) is 12.2. The molecule has 1 N–H and O–H groups in total. The Hall–Kier alpha value is -3.89. The molecule has 5 rings (SSSR count). The second-order valence-corrected chi connectivity index (χ2v) is 20.4. The van der Waals surface area contributed by atoms with Gasteiger partial charge in [0.25, 0.3) is 5.69 Å². The van der Waals surface area contributed by atoms with Gasteiger partial charge in [-0.1, -0.05) is 42.8 Å². The molecule has 3 heterocycles. The highest BCUT2D eigenvalue weighted by atomic mass is 35.5. The molecule has 2 amide bonds. The lowest BCUT2D eigenvalue weighted by Gasteiger charge is -2.33. The number of hydrogen-bond acceptors (Lipinski definition) is 11. The molecule has 17 heteroatoms. The molecule has 0 saturated carbocycles. The molecule has 2 fully saturated rings. The van der Waals surface area contributed by atoms with Gasteiger partial charge < -0.3 is 29.2 Å². The van der Waals surface area contributed by atoms with Crippen LogP contribution in [0.1, 0.15) is 19.3 Å². The minimum atomic E-state index is -1.43. The zero-order chi connectivity index (χ0) is 36.9. The average molecular weight is 763 g/mol. The van der Waals surface area contributed by atoms with Crippen LogP contribution in [0.15, 0.2) is 36.7 Å². The van der Waals surface area contributed by atoms with Gasteiger partial charge in [-0.25, -0.2) is 14.8 Å². The molecule has 0 unspecified atom stereocenters. The van der Waals surface area contributed by atoms with E-state index in [9.17, 15) is 14.9 Å². The summed E-state index contributed by atoms with van der Waals surface area (Å²) in [5.41, 5.74) is 1.28. The summed E-state index contributed by atoms with van der Waals surface area (Å²) in [6.45, 7) is 10.1. The van der Waals surface area contributed by atoms with Crippen LogP contribution in [-0.2, 0) is 9.47 Å². The fraction of sp³-hybridized carbons (Fsp3) is 0.500. The zero-order valence-electron chi connectivity index (χ0n) is 29.8. The maximum atomic E-state index is 14.2. The SMILES string of the molecule is COc1cc(OC)c(Cl)c(N(COCC[Si](C)(C)C)C(=O)N(C)c2cc(Nc3ccc(N4CCC5(CCOCC5)C4)cc3[N+](=O)[O-])ncn2)c1Cl. The summed E-state index contributed by atoms with van der Waals surface area (Å²) in [6, 6.07) is 8.50. The zero-order valence-corrected chi connectivity index (χ0v) is 32.3. The molecular weight excluding hydrogens is 717 g/mol. The van der Waals surface area contributed by atoms with Crippen LogP contribution >= 0.6 is 23.2 Å². The fourth-order valence-electron chi connectivity index (χ4n) is 6.22. The Morgan fingerprint density at radius 1 is 1.08 bits per heavy atom. The molecule has 0 bridgehead atoms. The van der Waals surface area contributed by atoms with Gasteiger partial charge in [-0.05, 0) is 42.9 Å². The summed E-state index contributed by atoms with van der Waals surface area (Å²) in [6.07, 6.45) is 4.29. The van der Waals surface area contributed by atoms with E-state index in [0.717, 1.165) is 57.3 Å². The van der Waals surface area contributed by atoms with Crippen molar-refractivity contribution in [3.05, 3.63) is 56.8 Å². The van der Waals surface area contributed by atoms with E-state index in [1.54, 1.807) is 12.1 Å². The van der Waals surface area contributed by atoms with E-state index in [1.807, 2.05) is 6.07 Å². The number of amides is 2. The summed E-state index contributed by atoms with van der Waals surface area (Å²) >= 11 is 13.5. The molecule has 0 aliphatic carbocycles. The minimum absolute atomic E-state index is 0.0940. The second-order valence-electron chi connectivity index (χ2n) is 14.0. The summed E-state index contributed by atoms with van der Waals surface area (Å²) in [4.78, 5) is 39.4. The van der Waals surface area contributed by atoms with Crippen LogP contribution in [0.4, 0.5) is 39.2 Å². The van der Waals surface area contributed by atoms with E-state index in [4.69, 9.17) is 42.1 Å². The third kappa shape index (κ3) is 8.95. The number of ether oxygens (including phenoxy) is 4.